The van der Waals surface area contributed by atoms with Gasteiger partial charge in [-0.1, -0.05) is 12.8 Å². The monoisotopic (exact) mass is 263 g/mol. The molecule has 1 saturated carbocycles. The molecule has 0 aromatic carbocycles. The van der Waals surface area contributed by atoms with Crippen LogP contribution in [0.1, 0.15) is 31.2 Å². The van der Waals surface area contributed by atoms with Crippen LogP contribution in [-0.4, -0.2) is 36.1 Å². The number of hydrogen-bond acceptors (Lipinski definition) is 4. The van der Waals surface area contributed by atoms with Crippen LogP contribution in [0.2, 0.25) is 0 Å². The molecular formula is C14H21N3O2. The van der Waals surface area contributed by atoms with Crippen molar-refractivity contribution in [2.75, 3.05) is 20.3 Å². The van der Waals surface area contributed by atoms with Gasteiger partial charge in [-0.3, -0.25) is 4.79 Å². The Bertz CT molecular complexity index is 402. The second-order valence-electron chi connectivity index (χ2n) is 5.34. The van der Waals surface area contributed by atoms with Crippen LogP contribution in [0.3, 0.4) is 0 Å². The first-order valence-electron chi connectivity index (χ1n) is 6.74. The number of carbonyl (C=O) groups excluding carboxylic acids is 1. The maximum Gasteiger partial charge on any atom is 0.224 e. The lowest BCUT2D eigenvalue weighted by atomic mass is 9.87. The van der Waals surface area contributed by atoms with Gasteiger partial charge in [-0.25, -0.2) is 9.97 Å². The van der Waals surface area contributed by atoms with E-state index in [0.717, 1.165) is 25.0 Å². The number of ether oxygens (including phenoxy) is 1. The van der Waals surface area contributed by atoms with Gasteiger partial charge in [-0.2, -0.15) is 0 Å². The fourth-order valence-electron chi connectivity index (χ4n) is 2.76. The molecule has 0 radical (unpaired) electrons. The lowest BCUT2D eigenvalue weighted by Crippen LogP contribution is -2.39. The molecule has 0 aliphatic heterocycles. The lowest BCUT2D eigenvalue weighted by Gasteiger charge is -2.28. The van der Waals surface area contributed by atoms with Gasteiger partial charge in [0.2, 0.25) is 5.91 Å². The summed E-state index contributed by atoms with van der Waals surface area (Å²) in [6.07, 6.45) is 9.88. The first kappa shape index (κ1) is 13.9. The van der Waals surface area contributed by atoms with E-state index >= 15 is 0 Å². The van der Waals surface area contributed by atoms with E-state index in [-0.39, 0.29) is 11.3 Å². The fourth-order valence-corrected chi connectivity index (χ4v) is 2.76. The van der Waals surface area contributed by atoms with Gasteiger partial charge in [0.1, 0.15) is 6.33 Å². The maximum atomic E-state index is 11.9. The van der Waals surface area contributed by atoms with Crippen LogP contribution in [0.15, 0.2) is 18.7 Å². The van der Waals surface area contributed by atoms with E-state index in [0.29, 0.717) is 13.0 Å². The van der Waals surface area contributed by atoms with Crippen molar-refractivity contribution in [2.45, 2.75) is 32.1 Å². The second-order valence-corrected chi connectivity index (χ2v) is 5.34. The summed E-state index contributed by atoms with van der Waals surface area (Å²) in [5.41, 5.74) is 0.977. The van der Waals surface area contributed by atoms with Crippen LogP contribution >= 0.6 is 0 Å². The van der Waals surface area contributed by atoms with Crippen LogP contribution in [0.25, 0.3) is 0 Å². The molecule has 5 heteroatoms. The highest BCUT2D eigenvalue weighted by Crippen LogP contribution is 2.37. The first-order chi connectivity index (χ1) is 9.24. The summed E-state index contributed by atoms with van der Waals surface area (Å²) in [5, 5.41) is 3.02. The van der Waals surface area contributed by atoms with Crippen molar-refractivity contribution >= 4 is 5.91 Å². The molecule has 1 aliphatic carbocycles. The minimum Gasteiger partial charge on any atom is -0.384 e. The Morgan fingerprint density at radius 2 is 2.05 bits per heavy atom. The molecule has 1 heterocycles. The highest BCUT2D eigenvalue weighted by atomic mass is 16.5. The molecule has 1 aromatic heterocycles. The van der Waals surface area contributed by atoms with E-state index in [1.165, 1.54) is 19.2 Å². The van der Waals surface area contributed by atoms with E-state index in [4.69, 9.17) is 4.74 Å². The molecule has 0 unspecified atom stereocenters. The summed E-state index contributed by atoms with van der Waals surface area (Å²) in [4.78, 5) is 19.7. The Balaban J connectivity index is 1.82. The standard InChI is InChI=1S/C14H21N3O2/c1-19-10-14(4-2-3-5-14)9-17-13(18)6-12-7-15-11-16-8-12/h7-8,11H,2-6,9-10H2,1H3,(H,17,18). The topological polar surface area (TPSA) is 64.1 Å². The van der Waals surface area contributed by atoms with E-state index in [2.05, 4.69) is 15.3 Å². The highest BCUT2D eigenvalue weighted by molar-refractivity contribution is 5.78. The molecule has 19 heavy (non-hydrogen) atoms. The fraction of sp³-hybridized carbons (Fsp3) is 0.643. The van der Waals surface area contributed by atoms with Crippen molar-refractivity contribution in [1.29, 1.82) is 0 Å². The number of carbonyl (C=O) groups is 1. The van der Waals surface area contributed by atoms with E-state index in [9.17, 15) is 4.79 Å². The minimum absolute atomic E-state index is 0.0252. The number of amides is 1. The van der Waals surface area contributed by atoms with Gasteiger partial charge in [-0.05, 0) is 18.4 Å². The SMILES string of the molecule is COCC1(CNC(=O)Cc2cncnc2)CCCC1. The van der Waals surface area contributed by atoms with E-state index < -0.39 is 0 Å². The maximum absolute atomic E-state index is 11.9. The molecule has 2 rings (SSSR count). The van der Waals surface area contributed by atoms with Gasteiger partial charge in [0, 0.05) is 31.5 Å². The average molecular weight is 263 g/mol. The van der Waals surface area contributed by atoms with Crippen molar-refractivity contribution in [3.05, 3.63) is 24.3 Å². The highest BCUT2D eigenvalue weighted by Gasteiger charge is 2.34. The quantitative estimate of drug-likeness (QED) is 0.841. The Kier molecular flexibility index (Phi) is 4.85. The Labute approximate surface area is 113 Å². The molecule has 104 valence electrons. The van der Waals surface area contributed by atoms with E-state index in [1.54, 1.807) is 19.5 Å². The summed E-state index contributed by atoms with van der Waals surface area (Å²) in [6, 6.07) is 0. The van der Waals surface area contributed by atoms with Crippen LogP contribution in [-0.2, 0) is 16.0 Å². The van der Waals surface area contributed by atoms with Gasteiger partial charge in [0.25, 0.3) is 0 Å². The number of aromatic nitrogens is 2. The van der Waals surface area contributed by atoms with Gasteiger partial charge >= 0.3 is 0 Å². The average Bonchev–Trinajstić information content (AvgIpc) is 2.87. The minimum atomic E-state index is 0.0252. The number of nitrogens with zero attached hydrogens (tertiary/aromatic N) is 2. The van der Waals surface area contributed by atoms with Crippen molar-refractivity contribution < 1.29 is 9.53 Å². The van der Waals surface area contributed by atoms with Gasteiger partial charge in [-0.15, -0.1) is 0 Å². The lowest BCUT2D eigenvalue weighted by molar-refractivity contribution is -0.121. The largest absolute Gasteiger partial charge is 0.384 e. The van der Waals surface area contributed by atoms with Crippen molar-refractivity contribution in [3.8, 4) is 0 Å². The third-order valence-corrected chi connectivity index (χ3v) is 3.75. The third-order valence-electron chi connectivity index (χ3n) is 3.75. The molecule has 1 aliphatic rings. The summed E-state index contributed by atoms with van der Waals surface area (Å²) < 4.78 is 5.31. The molecule has 1 amide bonds. The third kappa shape index (κ3) is 3.99. The molecule has 0 saturated heterocycles. The second kappa shape index (κ2) is 6.61. The molecule has 0 atom stereocenters. The summed E-state index contributed by atoms with van der Waals surface area (Å²) in [6.45, 7) is 1.43. The molecule has 5 nitrogen and oxygen atoms in total. The zero-order valence-electron chi connectivity index (χ0n) is 11.4. The molecule has 1 N–H and O–H groups in total. The smallest absolute Gasteiger partial charge is 0.224 e. The number of hydrogen-bond donors (Lipinski definition) is 1. The number of nitrogens with one attached hydrogen (secondary N) is 1. The van der Waals surface area contributed by atoms with Crippen molar-refractivity contribution in [1.82, 2.24) is 15.3 Å². The molecule has 1 aromatic rings. The number of methoxy groups -OCH3 is 1. The zero-order chi connectivity index (χ0) is 13.6. The van der Waals surface area contributed by atoms with Crippen molar-refractivity contribution in [3.63, 3.8) is 0 Å². The van der Waals surface area contributed by atoms with Crippen LogP contribution in [0, 0.1) is 5.41 Å². The molecule has 1 fully saturated rings. The van der Waals surface area contributed by atoms with Crippen molar-refractivity contribution in [2.24, 2.45) is 5.41 Å². The first-order valence-corrected chi connectivity index (χ1v) is 6.74. The normalized spacial score (nSPS) is 17.3. The van der Waals surface area contributed by atoms with E-state index in [1.807, 2.05) is 0 Å². The van der Waals surface area contributed by atoms with Gasteiger partial charge in [0.05, 0.1) is 13.0 Å². The van der Waals surface area contributed by atoms with Gasteiger partial charge in [0.15, 0.2) is 0 Å². The molecule has 0 spiro atoms. The van der Waals surface area contributed by atoms with Crippen LogP contribution in [0.4, 0.5) is 0 Å². The summed E-state index contributed by atoms with van der Waals surface area (Å²) in [7, 11) is 1.73. The summed E-state index contributed by atoms with van der Waals surface area (Å²) >= 11 is 0. The van der Waals surface area contributed by atoms with Crippen LogP contribution < -0.4 is 5.32 Å². The predicted molar refractivity (Wildman–Crippen MR) is 71.5 cm³/mol. The molecule has 0 bridgehead atoms. The van der Waals surface area contributed by atoms with Gasteiger partial charge < -0.3 is 10.1 Å². The Hall–Kier alpha value is -1.49. The number of rotatable bonds is 6. The summed E-state index contributed by atoms with van der Waals surface area (Å²) in [5.74, 6) is 0.0252. The Morgan fingerprint density at radius 3 is 2.68 bits per heavy atom. The zero-order valence-corrected chi connectivity index (χ0v) is 11.4. The van der Waals surface area contributed by atoms with Crippen LogP contribution in [0.5, 0.6) is 0 Å². The molecular weight excluding hydrogens is 242 g/mol. The Morgan fingerprint density at radius 1 is 1.37 bits per heavy atom. The predicted octanol–water partition coefficient (Wildman–Crippen LogP) is 1.34.